The van der Waals surface area contributed by atoms with E-state index in [4.69, 9.17) is 5.53 Å². The van der Waals surface area contributed by atoms with Crippen LogP contribution in [-0.2, 0) is 0 Å². The van der Waals surface area contributed by atoms with Crippen LogP contribution in [-0.4, -0.2) is 6.54 Å². The van der Waals surface area contributed by atoms with Gasteiger partial charge in [-0.15, -0.1) is 0 Å². The van der Waals surface area contributed by atoms with Gasteiger partial charge in [0.15, 0.2) is 0 Å². The Morgan fingerprint density at radius 3 is 3.00 bits per heavy atom. The summed E-state index contributed by atoms with van der Waals surface area (Å²) in [4.78, 5) is 2.82. The van der Waals surface area contributed by atoms with Crippen molar-refractivity contribution in [2.45, 2.75) is 19.3 Å². The highest BCUT2D eigenvalue weighted by Crippen LogP contribution is 2.41. The lowest BCUT2D eigenvalue weighted by molar-refractivity contribution is 0.728. The Labute approximate surface area is 103 Å². The predicted octanol–water partition coefficient (Wildman–Crippen LogP) is 4.61. The fraction of sp³-hybridized carbons (Fsp3) is 0.333. The summed E-state index contributed by atoms with van der Waals surface area (Å²) in [5.74, 6) is 0.487. The summed E-state index contributed by atoms with van der Waals surface area (Å²) in [5, 5.41) is 3.65. The smallest absolute Gasteiger partial charge is 0.0484 e. The van der Waals surface area contributed by atoms with E-state index in [1.165, 1.54) is 16.7 Å². The largest absolute Gasteiger partial charge is 0.0896 e. The van der Waals surface area contributed by atoms with Crippen LogP contribution in [0, 0.1) is 0 Å². The molecule has 0 fully saturated rings. The van der Waals surface area contributed by atoms with E-state index in [9.17, 15) is 0 Å². The molecule has 1 aromatic carbocycles. The Bertz CT molecular complexity index is 487. The topological polar surface area (TPSA) is 48.8 Å². The number of hydrogen-bond donors (Lipinski definition) is 0. The average Bonchev–Trinajstić information content (AvgIpc) is 2.32. The van der Waals surface area contributed by atoms with E-state index in [1.807, 2.05) is 6.07 Å². The molecule has 1 aliphatic rings. The summed E-state index contributed by atoms with van der Waals surface area (Å²) in [5.41, 5.74) is 12.1. The third kappa shape index (κ3) is 1.99. The molecule has 1 aromatic rings. The van der Waals surface area contributed by atoms with Crippen LogP contribution in [0.1, 0.15) is 30.4 Å². The van der Waals surface area contributed by atoms with E-state index in [0.29, 0.717) is 12.5 Å². The number of hydrogen-bond acceptors (Lipinski definition) is 1. The zero-order chi connectivity index (χ0) is 11.5. The summed E-state index contributed by atoms with van der Waals surface area (Å²) in [6.07, 6.45) is 0.955. The molecule has 0 N–H and O–H groups in total. The molecule has 0 heterocycles. The Balaban J connectivity index is 2.46. The Morgan fingerprint density at radius 2 is 2.25 bits per heavy atom. The highest BCUT2D eigenvalue weighted by Gasteiger charge is 2.21. The zero-order valence-electron chi connectivity index (χ0n) is 9.02. The van der Waals surface area contributed by atoms with E-state index in [0.717, 1.165) is 10.9 Å². The van der Waals surface area contributed by atoms with Crippen molar-refractivity contribution in [2.24, 2.45) is 5.11 Å². The molecule has 0 radical (unpaired) electrons. The molecule has 0 spiro atoms. The first-order chi connectivity index (χ1) is 7.74. The molecule has 1 unspecified atom stereocenters. The number of fused-ring (bicyclic) bond motifs is 1. The van der Waals surface area contributed by atoms with Gasteiger partial charge in [0.25, 0.3) is 0 Å². The lowest BCUT2D eigenvalue weighted by Crippen LogP contribution is -2.08. The second-order valence-electron chi connectivity index (χ2n) is 4.00. The molecule has 2 rings (SSSR count). The van der Waals surface area contributed by atoms with Crippen molar-refractivity contribution in [3.8, 4) is 0 Å². The van der Waals surface area contributed by atoms with Crippen molar-refractivity contribution in [1.82, 2.24) is 0 Å². The van der Waals surface area contributed by atoms with Gasteiger partial charge in [-0.25, -0.2) is 0 Å². The minimum Gasteiger partial charge on any atom is -0.0896 e. The first-order valence-corrected chi connectivity index (χ1v) is 6.01. The van der Waals surface area contributed by atoms with Gasteiger partial charge >= 0.3 is 0 Å². The van der Waals surface area contributed by atoms with Crippen LogP contribution in [0.4, 0.5) is 0 Å². The van der Waals surface area contributed by atoms with Crippen molar-refractivity contribution in [3.63, 3.8) is 0 Å². The van der Waals surface area contributed by atoms with Gasteiger partial charge in [0.2, 0.25) is 0 Å². The first kappa shape index (κ1) is 11.2. The molecule has 3 nitrogen and oxygen atoms in total. The lowest BCUT2D eigenvalue weighted by atomic mass is 9.84. The second kappa shape index (κ2) is 4.73. The molecule has 0 amide bonds. The maximum absolute atomic E-state index is 8.36. The van der Waals surface area contributed by atoms with Crippen LogP contribution in [0.3, 0.4) is 0 Å². The maximum Gasteiger partial charge on any atom is 0.0484 e. The maximum atomic E-state index is 8.36. The minimum atomic E-state index is 0.454. The number of azide groups is 1. The van der Waals surface area contributed by atoms with E-state index in [-0.39, 0.29) is 0 Å². The second-order valence-corrected chi connectivity index (χ2v) is 4.79. The third-order valence-electron chi connectivity index (χ3n) is 2.92. The average molecular weight is 278 g/mol. The van der Waals surface area contributed by atoms with Crippen LogP contribution >= 0.6 is 15.9 Å². The number of rotatable bonds is 2. The molecule has 1 atom stereocenters. The minimum absolute atomic E-state index is 0.454. The summed E-state index contributed by atoms with van der Waals surface area (Å²) >= 11 is 3.61. The zero-order valence-corrected chi connectivity index (χ0v) is 10.6. The van der Waals surface area contributed by atoms with Gasteiger partial charge in [-0.1, -0.05) is 52.2 Å². The van der Waals surface area contributed by atoms with E-state index in [2.05, 4.69) is 51.1 Å². The summed E-state index contributed by atoms with van der Waals surface area (Å²) < 4.78 is 1.09. The van der Waals surface area contributed by atoms with Gasteiger partial charge in [-0.2, -0.15) is 0 Å². The van der Waals surface area contributed by atoms with Crippen molar-refractivity contribution in [3.05, 3.63) is 51.4 Å². The Kier molecular flexibility index (Phi) is 3.32. The fourth-order valence-electron chi connectivity index (χ4n) is 2.14. The van der Waals surface area contributed by atoms with E-state index >= 15 is 0 Å². The molecular weight excluding hydrogens is 266 g/mol. The van der Waals surface area contributed by atoms with Gasteiger partial charge in [0.05, 0.1) is 0 Å². The molecule has 0 saturated carbocycles. The normalized spacial score (nSPS) is 19.0. The fourth-order valence-corrected chi connectivity index (χ4v) is 2.79. The summed E-state index contributed by atoms with van der Waals surface area (Å²) in [6, 6.07) is 8.36. The number of halogens is 1. The van der Waals surface area contributed by atoms with Crippen LogP contribution < -0.4 is 0 Å². The van der Waals surface area contributed by atoms with Crippen molar-refractivity contribution < 1.29 is 0 Å². The van der Waals surface area contributed by atoms with Gasteiger partial charge in [-0.3, -0.25) is 0 Å². The van der Waals surface area contributed by atoms with E-state index < -0.39 is 0 Å². The SMILES string of the molecule is CC1CC(CN=[N+]=[N-])=C(Br)c2ccccc21. The number of benzene rings is 1. The van der Waals surface area contributed by atoms with Gasteiger partial charge < -0.3 is 0 Å². The predicted molar refractivity (Wildman–Crippen MR) is 69.3 cm³/mol. The van der Waals surface area contributed by atoms with Crippen molar-refractivity contribution in [1.29, 1.82) is 0 Å². The third-order valence-corrected chi connectivity index (χ3v) is 3.90. The van der Waals surface area contributed by atoms with Crippen LogP contribution in [0.2, 0.25) is 0 Å². The van der Waals surface area contributed by atoms with Crippen molar-refractivity contribution in [2.75, 3.05) is 6.54 Å². The Hall–Kier alpha value is -1.25. The van der Waals surface area contributed by atoms with Gasteiger partial charge in [0, 0.05) is 15.9 Å². The quantitative estimate of drug-likeness (QED) is 0.431. The van der Waals surface area contributed by atoms with Crippen LogP contribution in [0.25, 0.3) is 14.9 Å². The molecule has 0 aromatic heterocycles. The van der Waals surface area contributed by atoms with Crippen LogP contribution in [0.5, 0.6) is 0 Å². The molecule has 16 heavy (non-hydrogen) atoms. The van der Waals surface area contributed by atoms with Gasteiger partial charge in [0.1, 0.15) is 0 Å². The van der Waals surface area contributed by atoms with Crippen molar-refractivity contribution >= 4 is 20.4 Å². The molecule has 4 heteroatoms. The number of nitrogens with zero attached hydrogens (tertiary/aromatic N) is 3. The summed E-state index contributed by atoms with van der Waals surface area (Å²) in [6.45, 7) is 2.66. The highest BCUT2D eigenvalue weighted by atomic mass is 79.9. The van der Waals surface area contributed by atoms with Crippen LogP contribution in [0.15, 0.2) is 35.0 Å². The Morgan fingerprint density at radius 1 is 1.50 bits per heavy atom. The van der Waals surface area contributed by atoms with Gasteiger partial charge in [-0.05, 0) is 34.6 Å². The molecule has 82 valence electrons. The summed E-state index contributed by atoms with van der Waals surface area (Å²) in [7, 11) is 0. The molecule has 1 aliphatic carbocycles. The standard InChI is InChI=1S/C12H12BrN3/c1-8-6-9(7-15-16-14)12(13)11-5-3-2-4-10(8)11/h2-5,8H,6-7H2,1H3. The molecular formula is C12H12BrN3. The monoisotopic (exact) mass is 277 g/mol. The van der Waals surface area contributed by atoms with E-state index in [1.54, 1.807) is 0 Å². The molecule has 0 bridgehead atoms. The highest BCUT2D eigenvalue weighted by molar-refractivity contribution is 9.15. The first-order valence-electron chi connectivity index (χ1n) is 5.21. The lowest BCUT2D eigenvalue weighted by Gasteiger charge is -2.24. The molecule has 0 saturated heterocycles. The molecule has 0 aliphatic heterocycles.